The Morgan fingerprint density at radius 1 is 0.547 bits per heavy atom. The normalized spacial score (nSPS) is 12.3. The summed E-state index contributed by atoms with van der Waals surface area (Å²) >= 11 is 0. The Balaban J connectivity index is 1.21. The smallest absolute Gasteiger partial charge is 0.494 e. The molecule has 12 nitrogen and oxygen atoms in total. The van der Waals surface area contributed by atoms with Gasteiger partial charge in [0.05, 0.1) is 37.6 Å². The van der Waals surface area contributed by atoms with Crippen LogP contribution in [0.2, 0.25) is 0 Å². The van der Waals surface area contributed by atoms with Gasteiger partial charge in [0.15, 0.2) is 11.5 Å². The molecule has 1 heterocycles. The van der Waals surface area contributed by atoms with E-state index in [2.05, 4.69) is 22.6 Å². The van der Waals surface area contributed by atoms with E-state index in [1.807, 2.05) is 0 Å². The molecular formula is C39H40F2O12. The maximum absolute atomic E-state index is 14.1. The fraction of sp³-hybridized carbons (Fsp3) is 0.333. The molecule has 0 aliphatic carbocycles. The van der Waals surface area contributed by atoms with Gasteiger partial charge in [-0.2, -0.15) is 0 Å². The highest BCUT2D eigenvalue weighted by molar-refractivity contribution is 5.93. The van der Waals surface area contributed by atoms with Gasteiger partial charge in [-0.05, 0) is 112 Å². The molecular weight excluding hydrogens is 698 g/mol. The highest BCUT2D eigenvalue weighted by atomic mass is 19.3. The van der Waals surface area contributed by atoms with Gasteiger partial charge in [0, 0.05) is 12.2 Å². The summed E-state index contributed by atoms with van der Waals surface area (Å²) in [6.07, 6.45) is 4.33. The minimum Gasteiger partial charge on any atom is -0.494 e. The van der Waals surface area contributed by atoms with Gasteiger partial charge in [-0.1, -0.05) is 13.2 Å². The SMILES string of the molecule is C=CC(=O)OCCCCCCOc1ccc(C(=O)Oc2ccc(C(=O)Oc3ccc(OCCCCCCOC(=O)C=C)c4c3OC(F)(F)O4)cc2)cc1. The molecule has 14 heteroatoms. The van der Waals surface area contributed by atoms with Crippen LogP contribution in [0.3, 0.4) is 0 Å². The van der Waals surface area contributed by atoms with Crippen molar-refractivity contribution >= 4 is 23.9 Å². The number of halogens is 2. The van der Waals surface area contributed by atoms with Gasteiger partial charge in [-0.15, -0.1) is 8.78 Å². The predicted molar refractivity (Wildman–Crippen MR) is 186 cm³/mol. The maximum atomic E-state index is 14.1. The highest BCUT2D eigenvalue weighted by Gasteiger charge is 2.47. The number of esters is 4. The van der Waals surface area contributed by atoms with Crippen molar-refractivity contribution in [2.45, 2.75) is 57.7 Å². The number of rotatable bonds is 22. The monoisotopic (exact) mass is 738 g/mol. The van der Waals surface area contributed by atoms with Crippen molar-refractivity contribution in [1.82, 2.24) is 0 Å². The molecule has 0 radical (unpaired) electrons. The molecule has 0 spiro atoms. The fourth-order valence-corrected chi connectivity index (χ4v) is 4.79. The molecule has 1 aliphatic heterocycles. The molecule has 0 aromatic heterocycles. The summed E-state index contributed by atoms with van der Waals surface area (Å²) in [5.41, 5.74) is 0.320. The topological polar surface area (TPSA) is 142 Å². The van der Waals surface area contributed by atoms with Crippen molar-refractivity contribution in [3.63, 3.8) is 0 Å². The highest BCUT2D eigenvalue weighted by Crippen LogP contribution is 2.52. The molecule has 0 atom stereocenters. The molecule has 1 aliphatic rings. The van der Waals surface area contributed by atoms with Crippen LogP contribution in [0, 0.1) is 0 Å². The van der Waals surface area contributed by atoms with Crippen molar-refractivity contribution in [3.8, 4) is 34.5 Å². The van der Waals surface area contributed by atoms with Crippen LogP contribution in [-0.2, 0) is 19.1 Å². The lowest BCUT2D eigenvalue weighted by molar-refractivity contribution is -0.287. The van der Waals surface area contributed by atoms with Crippen molar-refractivity contribution in [3.05, 3.63) is 97.1 Å². The Kier molecular flexibility index (Phi) is 15.2. The zero-order valence-electron chi connectivity index (χ0n) is 29.0. The van der Waals surface area contributed by atoms with Crippen molar-refractivity contribution in [1.29, 1.82) is 0 Å². The molecule has 3 aromatic rings. The first kappa shape index (κ1) is 39.9. The standard InChI is InChI=1S/C39H40F2O12/c1-3-33(42)48-25-11-7-5-9-23-46-29-17-13-27(14-18-29)37(44)50-30-19-15-28(16-20-30)38(45)51-32-22-21-31(35-36(32)53-39(40,41)52-35)47-24-10-6-8-12-26-49-34(43)4-2/h3-4,13-22H,1-2,5-12,23-26H2. The van der Waals surface area contributed by atoms with E-state index in [1.54, 1.807) is 24.3 Å². The third-order valence-corrected chi connectivity index (χ3v) is 7.50. The predicted octanol–water partition coefficient (Wildman–Crippen LogP) is 7.78. The van der Waals surface area contributed by atoms with E-state index in [-0.39, 0.29) is 41.6 Å². The van der Waals surface area contributed by atoms with Crippen LogP contribution < -0.4 is 28.4 Å². The summed E-state index contributed by atoms with van der Waals surface area (Å²) < 4.78 is 69.4. The number of ether oxygens (including phenoxy) is 8. The van der Waals surface area contributed by atoms with E-state index in [9.17, 15) is 28.0 Å². The van der Waals surface area contributed by atoms with E-state index >= 15 is 0 Å². The van der Waals surface area contributed by atoms with E-state index in [1.165, 1.54) is 36.4 Å². The van der Waals surface area contributed by atoms with Gasteiger partial charge >= 0.3 is 30.2 Å². The average Bonchev–Trinajstić information content (AvgIpc) is 3.50. The lowest BCUT2D eigenvalue weighted by atomic mass is 10.2. The Morgan fingerprint density at radius 2 is 0.981 bits per heavy atom. The molecule has 3 aromatic carbocycles. The molecule has 0 saturated heterocycles. The van der Waals surface area contributed by atoms with E-state index < -0.39 is 41.7 Å². The number of hydrogen-bond acceptors (Lipinski definition) is 12. The Hall–Kier alpha value is -5.92. The molecule has 4 rings (SSSR count). The summed E-state index contributed by atoms with van der Waals surface area (Å²) in [6, 6.07) is 14.5. The van der Waals surface area contributed by atoms with E-state index in [0.717, 1.165) is 50.7 Å². The molecule has 0 unspecified atom stereocenters. The zero-order chi connectivity index (χ0) is 38.1. The summed E-state index contributed by atoms with van der Waals surface area (Å²) in [5.74, 6) is -2.92. The number of unbranched alkanes of at least 4 members (excludes halogenated alkanes) is 6. The molecule has 0 amide bonds. The largest absolute Gasteiger partial charge is 0.586 e. The number of alkyl halides is 2. The van der Waals surface area contributed by atoms with Crippen molar-refractivity contribution < 1.29 is 65.9 Å². The zero-order valence-corrected chi connectivity index (χ0v) is 29.0. The number of hydrogen-bond donors (Lipinski definition) is 0. The third kappa shape index (κ3) is 13.0. The van der Waals surface area contributed by atoms with Gasteiger partial charge in [0.1, 0.15) is 11.5 Å². The first-order valence-corrected chi connectivity index (χ1v) is 17.0. The summed E-state index contributed by atoms with van der Waals surface area (Å²) in [7, 11) is 0. The second-order valence-corrected chi connectivity index (χ2v) is 11.5. The van der Waals surface area contributed by atoms with Gasteiger partial charge < -0.3 is 37.9 Å². The number of carbonyl (C=O) groups excluding carboxylic acids is 4. The second kappa shape index (κ2) is 20.2. The lowest BCUT2D eigenvalue weighted by Gasteiger charge is -2.11. The second-order valence-electron chi connectivity index (χ2n) is 11.5. The Bertz CT molecular complexity index is 1720. The minimum absolute atomic E-state index is 0.0146. The van der Waals surface area contributed by atoms with Crippen LogP contribution in [0.25, 0.3) is 0 Å². The third-order valence-electron chi connectivity index (χ3n) is 7.50. The first-order valence-electron chi connectivity index (χ1n) is 17.0. The van der Waals surface area contributed by atoms with Crippen LogP contribution in [0.1, 0.15) is 72.1 Å². The molecule has 282 valence electrons. The lowest BCUT2D eigenvalue weighted by Crippen LogP contribution is -2.26. The van der Waals surface area contributed by atoms with Crippen LogP contribution in [0.5, 0.6) is 34.5 Å². The van der Waals surface area contributed by atoms with Gasteiger partial charge in [0.25, 0.3) is 0 Å². The van der Waals surface area contributed by atoms with E-state index in [4.69, 9.17) is 28.4 Å². The number of fused-ring (bicyclic) bond motifs is 1. The van der Waals surface area contributed by atoms with Gasteiger partial charge in [-0.25, -0.2) is 19.2 Å². The minimum atomic E-state index is -4.00. The molecule has 0 saturated carbocycles. The summed E-state index contributed by atoms with van der Waals surface area (Å²) in [5, 5.41) is 0. The average molecular weight is 739 g/mol. The van der Waals surface area contributed by atoms with Crippen molar-refractivity contribution in [2.75, 3.05) is 26.4 Å². The summed E-state index contributed by atoms with van der Waals surface area (Å²) in [4.78, 5) is 47.7. The molecule has 0 N–H and O–H groups in total. The van der Waals surface area contributed by atoms with Gasteiger partial charge in [0.2, 0.25) is 11.5 Å². The fourth-order valence-electron chi connectivity index (χ4n) is 4.79. The number of carbonyl (C=O) groups is 4. The Labute approximate surface area is 305 Å². The van der Waals surface area contributed by atoms with E-state index in [0.29, 0.717) is 31.8 Å². The molecule has 0 bridgehead atoms. The number of benzene rings is 3. The van der Waals surface area contributed by atoms with Gasteiger partial charge in [-0.3, -0.25) is 0 Å². The van der Waals surface area contributed by atoms with Crippen LogP contribution in [0.15, 0.2) is 86.0 Å². The molecule has 0 fully saturated rings. The van der Waals surface area contributed by atoms with Crippen LogP contribution in [-0.4, -0.2) is 56.6 Å². The first-order chi connectivity index (χ1) is 25.6. The Morgan fingerprint density at radius 3 is 1.51 bits per heavy atom. The van der Waals surface area contributed by atoms with Crippen molar-refractivity contribution in [2.24, 2.45) is 0 Å². The quantitative estimate of drug-likeness (QED) is 0.0430. The summed E-state index contributed by atoms with van der Waals surface area (Å²) in [6.45, 7) is 7.98. The van der Waals surface area contributed by atoms with Crippen LogP contribution >= 0.6 is 0 Å². The maximum Gasteiger partial charge on any atom is 0.586 e. The molecule has 53 heavy (non-hydrogen) atoms. The van der Waals surface area contributed by atoms with Crippen LogP contribution in [0.4, 0.5) is 8.78 Å².